The predicted octanol–water partition coefficient (Wildman–Crippen LogP) is 3.40. The van der Waals surface area contributed by atoms with Crippen molar-refractivity contribution >= 4 is 51.4 Å². The second kappa shape index (κ2) is 8.88. The van der Waals surface area contributed by atoms with Crippen molar-refractivity contribution < 1.29 is 14.0 Å². The Morgan fingerprint density at radius 3 is 2.85 bits per heavy atom. The number of benzene rings is 1. The molecule has 0 radical (unpaired) electrons. The van der Waals surface area contributed by atoms with Crippen LogP contribution in [-0.2, 0) is 11.3 Å². The number of carbonyl (C=O) groups excluding carboxylic acids is 2. The fourth-order valence-electron chi connectivity index (χ4n) is 1.89. The van der Waals surface area contributed by atoms with E-state index >= 15 is 0 Å². The van der Waals surface area contributed by atoms with Crippen LogP contribution >= 0.6 is 34.4 Å². The number of halogens is 1. The van der Waals surface area contributed by atoms with E-state index < -0.39 is 11.7 Å². The Kier molecular flexibility index (Phi) is 6.31. The molecule has 26 heavy (non-hydrogen) atoms. The maximum absolute atomic E-state index is 13.2. The third-order valence-corrected chi connectivity index (χ3v) is 5.93. The molecule has 0 atom stereocenters. The Balaban J connectivity index is 1.47. The molecule has 2 heterocycles. The molecule has 1 aromatic carbocycles. The summed E-state index contributed by atoms with van der Waals surface area (Å²) in [4.78, 5) is 25.0. The Labute approximate surface area is 160 Å². The van der Waals surface area contributed by atoms with Gasteiger partial charge in [-0.3, -0.25) is 14.9 Å². The highest BCUT2D eigenvalue weighted by atomic mass is 32.2. The van der Waals surface area contributed by atoms with Crippen molar-refractivity contribution in [3.63, 3.8) is 0 Å². The van der Waals surface area contributed by atoms with Crippen molar-refractivity contribution in [1.82, 2.24) is 15.5 Å². The SMILES string of the molecule is O=C(CSc1nnc(NC(=O)c2cccc(F)c2)s1)NCc1cccs1. The maximum Gasteiger partial charge on any atom is 0.257 e. The number of rotatable bonds is 7. The van der Waals surface area contributed by atoms with Crippen LogP contribution < -0.4 is 10.6 Å². The molecule has 134 valence electrons. The molecule has 0 fully saturated rings. The van der Waals surface area contributed by atoms with Gasteiger partial charge in [0.1, 0.15) is 5.82 Å². The third-order valence-electron chi connectivity index (χ3n) is 3.08. The second-order valence-corrected chi connectivity index (χ2v) is 8.21. The minimum atomic E-state index is -0.486. The zero-order chi connectivity index (χ0) is 18.4. The first-order chi connectivity index (χ1) is 12.6. The van der Waals surface area contributed by atoms with E-state index in [1.807, 2.05) is 17.5 Å². The van der Waals surface area contributed by atoms with Gasteiger partial charge in [0.05, 0.1) is 12.3 Å². The monoisotopic (exact) mass is 408 g/mol. The standard InChI is InChI=1S/C16H13FN4O2S3/c17-11-4-1-3-10(7-11)14(23)19-15-20-21-16(26-15)25-9-13(22)18-8-12-5-2-6-24-12/h1-7H,8-9H2,(H,18,22)(H,19,20,23). The summed E-state index contributed by atoms with van der Waals surface area (Å²) in [5, 5.41) is 15.4. The lowest BCUT2D eigenvalue weighted by atomic mass is 10.2. The van der Waals surface area contributed by atoms with Gasteiger partial charge in [0.2, 0.25) is 11.0 Å². The van der Waals surface area contributed by atoms with Crippen molar-refractivity contribution in [3.05, 3.63) is 58.0 Å². The van der Waals surface area contributed by atoms with Crippen LogP contribution in [0.3, 0.4) is 0 Å². The van der Waals surface area contributed by atoms with Gasteiger partial charge >= 0.3 is 0 Å². The minimum absolute atomic E-state index is 0.107. The number of hydrogen-bond acceptors (Lipinski definition) is 7. The van der Waals surface area contributed by atoms with Gasteiger partial charge in [0, 0.05) is 10.4 Å². The molecule has 0 spiro atoms. The van der Waals surface area contributed by atoms with Gasteiger partial charge in [0.25, 0.3) is 5.91 Å². The normalized spacial score (nSPS) is 10.5. The summed E-state index contributed by atoms with van der Waals surface area (Å²) >= 11 is 3.97. The lowest BCUT2D eigenvalue weighted by molar-refractivity contribution is -0.118. The first-order valence-electron chi connectivity index (χ1n) is 7.42. The van der Waals surface area contributed by atoms with Crippen LogP contribution in [0.15, 0.2) is 46.1 Å². The highest BCUT2D eigenvalue weighted by Crippen LogP contribution is 2.25. The molecule has 2 amide bonds. The molecule has 0 saturated carbocycles. The average molecular weight is 409 g/mol. The molecule has 0 aliphatic heterocycles. The number of carbonyl (C=O) groups is 2. The highest BCUT2D eigenvalue weighted by Gasteiger charge is 2.12. The number of thiophene rings is 1. The molecule has 0 unspecified atom stereocenters. The summed E-state index contributed by atoms with van der Waals surface area (Å²) < 4.78 is 13.7. The van der Waals surface area contributed by atoms with E-state index in [2.05, 4.69) is 20.8 Å². The molecule has 6 nitrogen and oxygen atoms in total. The Morgan fingerprint density at radius 1 is 1.19 bits per heavy atom. The Bertz CT molecular complexity index is 899. The highest BCUT2D eigenvalue weighted by molar-refractivity contribution is 8.01. The van der Waals surface area contributed by atoms with Gasteiger partial charge in [-0.15, -0.1) is 21.5 Å². The van der Waals surface area contributed by atoms with Crippen LogP contribution in [0.25, 0.3) is 0 Å². The lowest BCUT2D eigenvalue weighted by Gasteiger charge is -2.01. The fourth-order valence-corrected chi connectivity index (χ4v) is 4.12. The molecule has 10 heteroatoms. The molecule has 3 rings (SSSR count). The van der Waals surface area contributed by atoms with E-state index in [-0.39, 0.29) is 17.2 Å². The van der Waals surface area contributed by atoms with E-state index in [4.69, 9.17) is 0 Å². The number of nitrogens with zero attached hydrogens (tertiary/aromatic N) is 2. The van der Waals surface area contributed by atoms with E-state index in [0.717, 1.165) is 22.3 Å². The van der Waals surface area contributed by atoms with Crippen molar-refractivity contribution in [3.8, 4) is 0 Å². The summed E-state index contributed by atoms with van der Waals surface area (Å²) in [5.74, 6) is -0.854. The lowest BCUT2D eigenvalue weighted by Crippen LogP contribution is -2.24. The molecule has 2 aromatic heterocycles. The Morgan fingerprint density at radius 2 is 2.08 bits per heavy atom. The number of nitrogens with one attached hydrogen (secondary N) is 2. The molecular formula is C16H13FN4O2S3. The van der Waals surface area contributed by atoms with Gasteiger partial charge in [0.15, 0.2) is 4.34 Å². The molecular weight excluding hydrogens is 395 g/mol. The zero-order valence-corrected chi connectivity index (χ0v) is 15.7. The third kappa shape index (κ3) is 5.35. The van der Waals surface area contributed by atoms with Crippen molar-refractivity contribution in [2.45, 2.75) is 10.9 Å². The van der Waals surface area contributed by atoms with Crippen molar-refractivity contribution in [2.75, 3.05) is 11.1 Å². The van der Waals surface area contributed by atoms with Crippen LogP contribution in [0.1, 0.15) is 15.2 Å². The number of amides is 2. The summed E-state index contributed by atoms with van der Waals surface area (Å²) in [5.41, 5.74) is 0.197. The first kappa shape index (κ1) is 18.5. The summed E-state index contributed by atoms with van der Waals surface area (Å²) in [6.07, 6.45) is 0. The van der Waals surface area contributed by atoms with Crippen molar-refractivity contribution in [1.29, 1.82) is 0 Å². The van der Waals surface area contributed by atoms with Crippen LogP contribution in [0, 0.1) is 5.82 Å². The molecule has 2 N–H and O–H groups in total. The van der Waals surface area contributed by atoms with E-state index in [1.165, 1.54) is 30.0 Å². The molecule has 0 saturated heterocycles. The van der Waals surface area contributed by atoms with E-state index in [9.17, 15) is 14.0 Å². The summed E-state index contributed by atoms with van der Waals surface area (Å²) in [6, 6.07) is 9.26. The number of anilines is 1. The molecule has 0 bridgehead atoms. The van der Waals surface area contributed by atoms with Gasteiger partial charge in [-0.05, 0) is 29.6 Å². The van der Waals surface area contributed by atoms with Gasteiger partial charge in [-0.2, -0.15) is 0 Å². The fraction of sp³-hybridized carbons (Fsp3) is 0.125. The maximum atomic E-state index is 13.2. The van der Waals surface area contributed by atoms with Crippen LogP contribution in [-0.4, -0.2) is 27.8 Å². The smallest absolute Gasteiger partial charge is 0.257 e. The second-order valence-electron chi connectivity index (χ2n) is 4.98. The topological polar surface area (TPSA) is 84.0 Å². The average Bonchev–Trinajstić information content (AvgIpc) is 3.30. The van der Waals surface area contributed by atoms with Crippen LogP contribution in [0.4, 0.5) is 9.52 Å². The quantitative estimate of drug-likeness (QED) is 0.462. The molecule has 3 aromatic rings. The summed E-state index contributed by atoms with van der Waals surface area (Å²) in [7, 11) is 0. The van der Waals surface area contributed by atoms with Crippen molar-refractivity contribution in [2.24, 2.45) is 0 Å². The molecule has 0 aliphatic carbocycles. The van der Waals surface area contributed by atoms with E-state index in [0.29, 0.717) is 16.0 Å². The van der Waals surface area contributed by atoms with Crippen LogP contribution in [0.5, 0.6) is 0 Å². The number of thioether (sulfide) groups is 1. The van der Waals surface area contributed by atoms with E-state index in [1.54, 1.807) is 11.3 Å². The zero-order valence-electron chi connectivity index (χ0n) is 13.3. The number of aromatic nitrogens is 2. The van der Waals surface area contributed by atoms with Gasteiger partial charge in [-0.1, -0.05) is 35.2 Å². The first-order valence-corrected chi connectivity index (χ1v) is 10.1. The number of hydrogen-bond donors (Lipinski definition) is 2. The molecule has 0 aliphatic rings. The largest absolute Gasteiger partial charge is 0.350 e. The predicted molar refractivity (Wildman–Crippen MR) is 101 cm³/mol. The minimum Gasteiger partial charge on any atom is -0.350 e. The Hall–Kier alpha value is -2.30. The van der Waals surface area contributed by atoms with Crippen LogP contribution in [0.2, 0.25) is 0 Å². The van der Waals surface area contributed by atoms with Gasteiger partial charge in [-0.25, -0.2) is 4.39 Å². The van der Waals surface area contributed by atoms with Gasteiger partial charge < -0.3 is 5.32 Å². The summed E-state index contributed by atoms with van der Waals surface area (Å²) in [6.45, 7) is 0.502.